The van der Waals surface area contributed by atoms with Gasteiger partial charge < -0.3 is 20.4 Å². The molecule has 5 atom stereocenters. The molecule has 2 fully saturated rings. The summed E-state index contributed by atoms with van der Waals surface area (Å²) in [6.45, 7) is 3.11. The third kappa shape index (κ3) is 3.25. The summed E-state index contributed by atoms with van der Waals surface area (Å²) in [6.07, 6.45) is -2.23. The molecule has 2 saturated heterocycles. The van der Waals surface area contributed by atoms with Crippen LogP contribution in [-0.2, 0) is 14.3 Å². The first-order chi connectivity index (χ1) is 10.9. The van der Waals surface area contributed by atoms with E-state index < -0.39 is 41.4 Å². The number of carbonyl (C=O) groups is 2. The Morgan fingerprint density at radius 3 is 2.87 bits per heavy atom. The number of halogens is 1. The lowest BCUT2D eigenvalue weighted by molar-refractivity contribution is -0.160. The topological polar surface area (TPSA) is 139 Å². The standard InChI is InChI=1S/C12H20ClN5O5/c1-3-22-10-12(2,13)9(20)15-11(21)18(10)8-4-6(16-17-14)7(5-19)23-8/h6-8,10,19H,3-5H2,1-2H3,(H2,14,16)(H,15,20,21). The Balaban J connectivity index is 2.28. The Morgan fingerprint density at radius 2 is 2.30 bits per heavy atom. The number of hydrogen-bond acceptors (Lipinski definition) is 7. The van der Waals surface area contributed by atoms with E-state index in [-0.39, 0.29) is 19.6 Å². The molecule has 11 heteroatoms. The highest BCUT2D eigenvalue weighted by Gasteiger charge is 2.55. The zero-order chi connectivity index (χ0) is 17.2. The van der Waals surface area contributed by atoms with Crippen LogP contribution >= 0.6 is 11.6 Å². The molecule has 2 aliphatic heterocycles. The number of nitrogens with zero attached hydrogens (tertiary/aromatic N) is 3. The maximum absolute atomic E-state index is 12.3. The van der Waals surface area contributed by atoms with E-state index >= 15 is 0 Å². The van der Waals surface area contributed by atoms with Crippen molar-refractivity contribution in [1.29, 1.82) is 0 Å². The van der Waals surface area contributed by atoms with Crippen molar-refractivity contribution < 1.29 is 24.2 Å². The number of alkyl halides is 1. The van der Waals surface area contributed by atoms with Gasteiger partial charge in [0.05, 0.1) is 6.61 Å². The normalized spacial score (nSPS) is 38.3. The van der Waals surface area contributed by atoms with Crippen LogP contribution < -0.4 is 11.2 Å². The van der Waals surface area contributed by atoms with Crippen LogP contribution in [0.3, 0.4) is 0 Å². The average Bonchev–Trinajstić information content (AvgIpc) is 2.88. The molecule has 10 nitrogen and oxygen atoms in total. The lowest BCUT2D eigenvalue weighted by atomic mass is 10.0. The number of imide groups is 1. The molecule has 2 aliphatic rings. The summed E-state index contributed by atoms with van der Waals surface area (Å²) in [5.41, 5.74) is 0. The Kier molecular flexibility index (Phi) is 5.40. The van der Waals surface area contributed by atoms with Gasteiger partial charge in [0, 0.05) is 13.0 Å². The molecule has 0 aliphatic carbocycles. The quantitative estimate of drug-likeness (QED) is 0.269. The van der Waals surface area contributed by atoms with Gasteiger partial charge in [-0.1, -0.05) is 5.22 Å². The van der Waals surface area contributed by atoms with E-state index in [0.29, 0.717) is 0 Å². The van der Waals surface area contributed by atoms with Gasteiger partial charge in [0.25, 0.3) is 5.91 Å². The Labute approximate surface area is 137 Å². The van der Waals surface area contributed by atoms with E-state index in [9.17, 15) is 14.7 Å². The third-order valence-corrected chi connectivity index (χ3v) is 4.21. The van der Waals surface area contributed by atoms with E-state index in [4.69, 9.17) is 26.9 Å². The van der Waals surface area contributed by atoms with Crippen molar-refractivity contribution in [2.24, 2.45) is 16.2 Å². The van der Waals surface area contributed by atoms with Gasteiger partial charge in [-0.15, -0.1) is 11.6 Å². The summed E-state index contributed by atoms with van der Waals surface area (Å²) in [7, 11) is 0. The molecule has 0 aromatic rings. The van der Waals surface area contributed by atoms with Crippen molar-refractivity contribution in [3.63, 3.8) is 0 Å². The van der Waals surface area contributed by atoms with Gasteiger partial charge in [-0.3, -0.25) is 15.0 Å². The minimum absolute atomic E-state index is 0.240. The van der Waals surface area contributed by atoms with Crippen molar-refractivity contribution >= 4 is 23.5 Å². The fourth-order valence-corrected chi connectivity index (χ4v) is 2.91. The van der Waals surface area contributed by atoms with Crippen molar-refractivity contribution in [3.05, 3.63) is 0 Å². The molecule has 0 spiro atoms. The predicted octanol–water partition coefficient (Wildman–Crippen LogP) is -0.300. The van der Waals surface area contributed by atoms with Crippen LogP contribution in [-0.4, -0.2) is 64.6 Å². The smallest absolute Gasteiger partial charge is 0.328 e. The van der Waals surface area contributed by atoms with E-state index in [1.54, 1.807) is 6.92 Å². The highest BCUT2D eigenvalue weighted by atomic mass is 35.5. The minimum Gasteiger partial charge on any atom is -0.394 e. The largest absolute Gasteiger partial charge is 0.394 e. The summed E-state index contributed by atoms with van der Waals surface area (Å²) in [5.74, 6) is 4.41. The van der Waals surface area contributed by atoms with Crippen LogP contribution in [0.25, 0.3) is 0 Å². The molecule has 0 aromatic heterocycles. The lowest BCUT2D eigenvalue weighted by Gasteiger charge is -2.44. The van der Waals surface area contributed by atoms with Gasteiger partial charge in [0.1, 0.15) is 18.4 Å². The molecule has 0 radical (unpaired) electrons. The number of nitrogens with one attached hydrogen (secondary N) is 1. The molecule has 5 unspecified atom stereocenters. The molecule has 0 saturated carbocycles. The first-order valence-corrected chi connectivity index (χ1v) is 7.55. The van der Waals surface area contributed by atoms with E-state index in [0.717, 1.165) is 0 Å². The Bertz CT molecular complexity index is 502. The molecular formula is C12H20ClN5O5. The lowest BCUT2D eigenvalue weighted by Crippen LogP contribution is -2.69. The first-order valence-electron chi connectivity index (χ1n) is 7.17. The second kappa shape index (κ2) is 6.95. The summed E-state index contributed by atoms with van der Waals surface area (Å²) < 4.78 is 11.2. The molecule has 3 amide bonds. The number of rotatable bonds is 5. The number of amides is 3. The van der Waals surface area contributed by atoms with Gasteiger partial charge in [0.15, 0.2) is 11.1 Å². The van der Waals surface area contributed by atoms with Crippen LogP contribution in [0.15, 0.2) is 10.3 Å². The molecule has 23 heavy (non-hydrogen) atoms. The molecule has 4 N–H and O–H groups in total. The second-order valence-electron chi connectivity index (χ2n) is 5.40. The van der Waals surface area contributed by atoms with Gasteiger partial charge in [-0.2, -0.15) is 5.11 Å². The van der Waals surface area contributed by atoms with Crippen LogP contribution in [0, 0.1) is 0 Å². The van der Waals surface area contributed by atoms with Crippen LogP contribution in [0.2, 0.25) is 0 Å². The number of carbonyl (C=O) groups excluding carboxylic acids is 2. The van der Waals surface area contributed by atoms with Crippen molar-refractivity contribution in [3.8, 4) is 0 Å². The highest BCUT2D eigenvalue weighted by Crippen LogP contribution is 2.35. The Hall–Kier alpha value is -1.49. The number of hydrogen-bond donors (Lipinski definition) is 3. The number of aliphatic hydroxyl groups is 1. The zero-order valence-corrected chi connectivity index (χ0v) is 13.6. The summed E-state index contributed by atoms with van der Waals surface area (Å²) in [5, 5.41) is 18.5. The van der Waals surface area contributed by atoms with Crippen LogP contribution in [0.5, 0.6) is 0 Å². The van der Waals surface area contributed by atoms with Crippen LogP contribution in [0.4, 0.5) is 4.79 Å². The van der Waals surface area contributed by atoms with Crippen molar-refractivity contribution in [2.45, 2.75) is 49.7 Å². The second-order valence-corrected chi connectivity index (χ2v) is 6.18. The maximum Gasteiger partial charge on any atom is 0.328 e. The number of aliphatic hydroxyl groups excluding tert-OH is 1. The third-order valence-electron chi connectivity index (χ3n) is 3.85. The molecule has 2 heterocycles. The number of ether oxygens (including phenoxy) is 2. The fraction of sp³-hybridized carbons (Fsp3) is 0.833. The fourth-order valence-electron chi connectivity index (χ4n) is 2.70. The average molecular weight is 350 g/mol. The number of urea groups is 1. The summed E-state index contributed by atoms with van der Waals surface area (Å²) >= 11 is 6.28. The summed E-state index contributed by atoms with van der Waals surface area (Å²) in [6, 6.07) is -1.19. The molecule has 0 aromatic carbocycles. The highest BCUT2D eigenvalue weighted by molar-refractivity contribution is 6.36. The van der Waals surface area contributed by atoms with E-state index in [1.807, 2.05) is 0 Å². The summed E-state index contributed by atoms with van der Waals surface area (Å²) in [4.78, 5) is 24.0. The molecule has 2 rings (SSSR count). The predicted molar refractivity (Wildman–Crippen MR) is 78.2 cm³/mol. The molecule has 0 bridgehead atoms. The first kappa shape index (κ1) is 17.9. The van der Waals surface area contributed by atoms with E-state index in [2.05, 4.69) is 15.7 Å². The van der Waals surface area contributed by atoms with Gasteiger partial charge in [-0.05, 0) is 13.8 Å². The molecular weight excluding hydrogens is 330 g/mol. The SMILES string of the molecule is CCOC1N(C2CC(N=NN)C(CO)O2)C(=O)NC(=O)C1(C)Cl. The van der Waals surface area contributed by atoms with Crippen LogP contribution in [0.1, 0.15) is 20.3 Å². The number of nitrogens with two attached hydrogens (primary N) is 1. The minimum atomic E-state index is -1.48. The Morgan fingerprint density at radius 1 is 1.61 bits per heavy atom. The van der Waals surface area contributed by atoms with Crippen molar-refractivity contribution in [1.82, 2.24) is 10.2 Å². The van der Waals surface area contributed by atoms with Gasteiger partial charge in [-0.25, -0.2) is 4.79 Å². The zero-order valence-electron chi connectivity index (χ0n) is 12.8. The van der Waals surface area contributed by atoms with Crippen molar-refractivity contribution in [2.75, 3.05) is 13.2 Å². The van der Waals surface area contributed by atoms with E-state index in [1.165, 1.54) is 11.8 Å². The molecule has 130 valence electrons. The van der Waals surface area contributed by atoms with Gasteiger partial charge in [0.2, 0.25) is 0 Å². The maximum atomic E-state index is 12.3. The van der Waals surface area contributed by atoms with Gasteiger partial charge >= 0.3 is 6.03 Å². The monoisotopic (exact) mass is 349 g/mol.